The highest BCUT2D eigenvalue weighted by atomic mass is 35.5. The molecule has 0 spiro atoms. The molecule has 0 bridgehead atoms. The number of hydrogen-bond donors (Lipinski definition) is 1. The highest BCUT2D eigenvalue weighted by Crippen LogP contribution is 2.26. The van der Waals surface area contributed by atoms with Crippen molar-refractivity contribution in [1.29, 1.82) is 0 Å². The monoisotopic (exact) mass is 368 g/mol. The summed E-state index contributed by atoms with van der Waals surface area (Å²) in [5.41, 5.74) is 3.23. The second kappa shape index (κ2) is 8.36. The molecule has 0 aliphatic carbocycles. The van der Waals surface area contributed by atoms with Crippen molar-refractivity contribution >= 4 is 34.5 Å². The van der Waals surface area contributed by atoms with Gasteiger partial charge in [-0.05, 0) is 29.0 Å². The van der Waals surface area contributed by atoms with Crippen LogP contribution in [-0.2, 0) is 4.79 Å². The molecule has 0 atom stereocenters. The summed E-state index contributed by atoms with van der Waals surface area (Å²) in [6.07, 6.45) is 1.56. The number of hydrazone groups is 1. The van der Waals surface area contributed by atoms with E-state index in [2.05, 4.69) is 10.5 Å². The molecule has 0 unspecified atom stereocenters. The quantitative estimate of drug-likeness (QED) is 0.528. The van der Waals surface area contributed by atoms with Crippen LogP contribution in [-0.4, -0.2) is 25.8 Å². The van der Waals surface area contributed by atoms with E-state index in [1.54, 1.807) is 37.6 Å². The number of carbonyl (C=O) groups is 1. The van der Waals surface area contributed by atoms with Crippen LogP contribution < -0.4 is 14.9 Å². The number of carbonyl (C=O) groups excluding carboxylic acids is 1. The zero-order chi connectivity index (χ0) is 18.4. The van der Waals surface area contributed by atoms with Gasteiger partial charge in [-0.1, -0.05) is 54.1 Å². The Labute approximate surface area is 156 Å². The molecular formula is C20H17ClN2O3. The van der Waals surface area contributed by atoms with Crippen LogP contribution >= 0.6 is 11.6 Å². The maximum Gasteiger partial charge on any atom is 0.277 e. The summed E-state index contributed by atoms with van der Waals surface area (Å²) in [6, 6.07) is 18.7. The van der Waals surface area contributed by atoms with Gasteiger partial charge in [-0.15, -0.1) is 0 Å². The fraction of sp³-hybridized carbons (Fsp3) is 0.100. The van der Waals surface area contributed by atoms with Crippen LogP contribution in [0.4, 0.5) is 0 Å². The minimum absolute atomic E-state index is 0.187. The van der Waals surface area contributed by atoms with Gasteiger partial charge in [0.15, 0.2) is 6.61 Å². The number of nitrogens with one attached hydrogen (secondary N) is 1. The van der Waals surface area contributed by atoms with Crippen molar-refractivity contribution in [3.63, 3.8) is 0 Å². The number of rotatable bonds is 6. The number of hydrogen-bond acceptors (Lipinski definition) is 4. The largest absolute Gasteiger partial charge is 0.496 e. The smallest absolute Gasteiger partial charge is 0.277 e. The molecule has 132 valence electrons. The van der Waals surface area contributed by atoms with Gasteiger partial charge in [-0.25, -0.2) is 5.43 Å². The van der Waals surface area contributed by atoms with Gasteiger partial charge in [0.2, 0.25) is 0 Å². The minimum Gasteiger partial charge on any atom is -0.496 e. The second-order valence-electron chi connectivity index (χ2n) is 5.41. The number of benzene rings is 3. The number of methoxy groups -OCH3 is 1. The Balaban J connectivity index is 1.68. The first kappa shape index (κ1) is 17.8. The highest BCUT2D eigenvalue weighted by molar-refractivity contribution is 6.32. The number of amides is 1. The first-order chi connectivity index (χ1) is 12.7. The van der Waals surface area contributed by atoms with E-state index in [-0.39, 0.29) is 12.5 Å². The van der Waals surface area contributed by atoms with E-state index in [1.807, 2.05) is 36.4 Å². The van der Waals surface area contributed by atoms with Gasteiger partial charge in [0, 0.05) is 5.56 Å². The fourth-order valence-electron chi connectivity index (χ4n) is 2.49. The van der Waals surface area contributed by atoms with Crippen LogP contribution in [0.3, 0.4) is 0 Å². The van der Waals surface area contributed by atoms with Crippen molar-refractivity contribution in [3.8, 4) is 11.5 Å². The van der Waals surface area contributed by atoms with E-state index in [9.17, 15) is 4.79 Å². The van der Waals surface area contributed by atoms with Crippen LogP contribution in [0.2, 0.25) is 5.02 Å². The minimum atomic E-state index is -0.389. The van der Waals surface area contributed by atoms with Crippen molar-refractivity contribution in [1.82, 2.24) is 5.43 Å². The molecule has 0 aromatic heterocycles. The molecule has 0 heterocycles. The topological polar surface area (TPSA) is 59.9 Å². The molecule has 3 rings (SSSR count). The molecule has 5 nitrogen and oxygen atoms in total. The van der Waals surface area contributed by atoms with Gasteiger partial charge in [-0.2, -0.15) is 5.10 Å². The summed E-state index contributed by atoms with van der Waals surface area (Å²) in [7, 11) is 1.59. The maximum absolute atomic E-state index is 11.9. The van der Waals surface area contributed by atoms with Gasteiger partial charge in [0.25, 0.3) is 5.91 Å². The Morgan fingerprint density at radius 3 is 2.65 bits per heavy atom. The van der Waals surface area contributed by atoms with Crippen molar-refractivity contribution in [3.05, 3.63) is 71.2 Å². The Kier molecular flexibility index (Phi) is 5.71. The third kappa shape index (κ3) is 4.13. The molecule has 6 heteroatoms. The van der Waals surface area contributed by atoms with Crippen molar-refractivity contribution in [2.75, 3.05) is 13.7 Å². The summed E-state index contributed by atoms with van der Waals surface area (Å²) in [4.78, 5) is 11.9. The molecule has 3 aromatic carbocycles. The molecule has 0 aliphatic rings. The standard InChI is InChI=1S/C20H17ClN2O3/c1-25-18-11-10-14-6-2-3-7-15(14)16(18)12-22-23-20(24)13-26-19-9-5-4-8-17(19)21/h2-12H,13H2,1H3,(H,23,24)/b22-12-. The van der Waals surface area contributed by atoms with E-state index in [4.69, 9.17) is 21.1 Å². The second-order valence-corrected chi connectivity index (χ2v) is 5.82. The van der Waals surface area contributed by atoms with E-state index in [0.29, 0.717) is 16.5 Å². The van der Waals surface area contributed by atoms with E-state index in [1.165, 1.54) is 0 Å². The maximum atomic E-state index is 11.9. The third-order valence-corrected chi connectivity index (χ3v) is 4.04. The van der Waals surface area contributed by atoms with E-state index >= 15 is 0 Å². The lowest BCUT2D eigenvalue weighted by atomic mass is 10.0. The Hall–Kier alpha value is -3.05. The van der Waals surface area contributed by atoms with Crippen molar-refractivity contribution in [2.24, 2.45) is 5.10 Å². The summed E-state index contributed by atoms with van der Waals surface area (Å²) in [5.74, 6) is 0.735. The van der Waals surface area contributed by atoms with Gasteiger partial charge in [0.05, 0.1) is 18.3 Å². The third-order valence-electron chi connectivity index (χ3n) is 3.73. The summed E-state index contributed by atoms with van der Waals surface area (Å²) in [5, 5.41) is 6.51. The molecule has 26 heavy (non-hydrogen) atoms. The fourth-order valence-corrected chi connectivity index (χ4v) is 2.68. The molecule has 0 aliphatic heterocycles. The molecule has 0 saturated carbocycles. The number of ether oxygens (including phenoxy) is 2. The van der Waals surface area contributed by atoms with Gasteiger partial charge < -0.3 is 9.47 Å². The predicted octanol–water partition coefficient (Wildman–Crippen LogP) is 4.03. The molecule has 0 fully saturated rings. The molecule has 1 amide bonds. The van der Waals surface area contributed by atoms with Crippen LogP contribution in [0.15, 0.2) is 65.8 Å². The lowest BCUT2D eigenvalue weighted by molar-refractivity contribution is -0.123. The van der Waals surface area contributed by atoms with Gasteiger partial charge >= 0.3 is 0 Å². The molecule has 1 N–H and O–H groups in total. The average Bonchev–Trinajstić information content (AvgIpc) is 2.67. The van der Waals surface area contributed by atoms with Crippen LogP contribution in [0.5, 0.6) is 11.5 Å². The van der Waals surface area contributed by atoms with E-state index < -0.39 is 0 Å². The van der Waals surface area contributed by atoms with Gasteiger partial charge in [-0.3, -0.25) is 4.79 Å². The Morgan fingerprint density at radius 1 is 1.08 bits per heavy atom. The van der Waals surface area contributed by atoms with E-state index in [0.717, 1.165) is 16.3 Å². The van der Waals surface area contributed by atoms with Crippen molar-refractivity contribution in [2.45, 2.75) is 0 Å². The van der Waals surface area contributed by atoms with Crippen LogP contribution in [0.25, 0.3) is 10.8 Å². The normalized spacial score (nSPS) is 10.8. The lowest BCUT2D eigenvalue weighted by Gasteiger charge is -2.09. The Bertz CT molecular complexity index is 957. The number of halogens is 1. The summed E-state index contributed by atoms with van der Waals surface area (Å²) >= 11 is 5.98. The number of para-hydroxylation sites is 1. The lowest BCUT2D eigenvalue weighted by Crippen LogP contribution is -2.24. The highest BCUT2D eigenvalue weighted by Gasteiger charge is 2.07. The predicted molar refractivity (Wildman–Crippen MR) is 103 cm³/mol. The zero-order valence-corrected chi connectivity index (χ0v) is 14.9. The summed E-state index contributed by atoms with van der Waals surface area (Å²) < 4.78 is 10.8. The van der Waals surface area contributed by atoms with Crippen molar-refractivity contribution < 1.29 is 14.3 Å². The zero-order valence-electron chi connectivity index (χ0n) is 14.1. The van der Waals surface area contributed by atoms with Gasteiger partial charge in [0.1, 0.15) is 11.5 Å². The Morgan fingerprint density at radius 2 is 1.85 bits per heavy atom. The molecule has 3 aromatic rings. The number of fused-ring (bicyclic) bond motifs is 1. The molecule has 0 radical (unpaired) electrons. The SMILES string of the molecule is COc1ccc2ccccc2c1/C=N\NC(=O)COc1ccccc1Cl. The number of nitrogens with zero attached hydrogens (tertiary/aromatic N) is 1. The van der Waals surface area contributed by atoms with Crippen LogP contribution in [0.1, 0.15) is 5.56 Å². The molecule has 0 saturated heterocycles. The first-order valence-electron chi connectivity index (χ1n) is 7.94. The van der Waals surface area contributed by atoms with Crippen LogP contribution in [0, 0.1) is 0 Å². The summed E-state index contributed by atoms with van der Waals surface area (Å²) in [6.45, 7) is -0.187. The average molecular weight is 369 g/mol. The first-order valence-corrected chi connectivity index (χ1v) is 8.32. The molecular weight excluding hydrogens is 352 g/mol.